The highest BCUT2D eigenvalue weighted by Crippen LogP contribution is 2.46. The summed E-state index contributed by atoms with van der Waals surface area (Å²) in [5.74, 6) is 0.287. The van der Waals surface area contributed by atoms with E-state index in [1.807, 2.05) is 30.3 Å². The summed E-state index contributed by atoms with van der Waals surface area (Å²) >= 11 is 3.19. The molecule has 4 N–H and O–H groups in total. The molecule has 2 amide bonds. The predicted molar refractivity (Wildman–Crippen MR) is 124 cm³/mol. The number of halogens is 2. The molecule has 168 valence electrons. The van der Waals surface area contributed by atoms with Gasteiger partial charge in [-0.15, -0.1) is 0 Å². The normalized spacial score (nSPS) is 25.6. The number of nitrogens with zero attached hydrogens (tertiary/aromatic N) is 1. The molecule has 0 radical (unpaired) electrons. The molecule has 1 atom stereocenters. The first-order valence-corrected chi connectivity index (χ1v) is 11.8. The van der Waals surface area contributed by atoms with Gasteiger partial charge in [0.25, 0.3) is 0 Å². The number of nitrogens with one attached hydrogen (secondary N) is 3. The fourth-order valence-corrected chi connectivity index (χ4v) is 5.29. The van der Waals surface area contributed by atoms with Crippen LogP contribution in [0.25, 0.3) is 11.0 Å². The van der Waals surface area contributed by atoms with Crippen LogP contribution in [0.5, 0.6) is 0 Å². The van der Waals surface area contributed by atoms with Gasteiger partial charge >= 0.3 is 6.03 Å². The van der Waals surface area contributed by atoms with E-state index in [1.54, 1.807) is 6.07 Å². The van der Waals surface area contributed by atoms with Gasteiger partial charge < -0.3 is 20.7 Å². The molecule has 0 saturated heterocycles. The van der Waals surface area contributed by atoms with Gasteiger partial charge in [0.2, 0.25) is 0 Å². The molecule has 2 aromatic carbocycles. The third-order valence-electron chi connectivity index (χ3n) is 7.05. The largest absolute Gasteiger partial charge is 0.390 e. The van der Waals surface area contributed by atoms with Crippen LogP contribution in [0.15, 0.2) is 46.9 Å². The highest BCUT2D eigenvalue weighted by atomic mass is 79.9. The quantitative estimate of drug-likeness (QED) is 0.402. The number of amides is 2. The number of hydrogen-bond donors (Lipinski definition) is 4. The van der Waals surface area contributed by atoms with Crippen LogP contribution in [0.4, 0.5) is 9.18 Å². The maximum Gasteiger partial charge on any atom is 0.315 e. The molecule has 3 fully saturated rings. The van der Waals surface area contributed by atoms with Crippen molar-refractivity contribution in [1.82, 2.24) is 20.6 Å². The van der Waals surface area contributed by atoms with E-state index in [0.29, 0.717) is 16.7 Å². The molecule has 1 aromatic heterocycles. The zero-order valence-electron chi connectivity index (χ0n) is 17.6. The van der Waals surface area contributed by atoms with Crippen molar-refractivity contribution >= 4 is 33.0 Å². The summed E-state index contributed by atoms with van der Waals surface area (Å²) in [7, 11) is 0. The minimum absolute atomic E-state index is 0.264. The number of carbonyl (C=O) groups is 1. The average Bonchev–Trinajstić information content (AvgIpc) is 3.21. The lowest BCUT2D eigenvalue weighted by Gasteiger charge is -2.51. The van der Waals surface area contributed by atoms with Crippen LogP contribution in [0.3, 0.4) is 0 Å². The third-order valence-corrected chi connectivity index (χ3v) is 7.70. The predicted octanol–water partition coefficient (Wildman–Crippen LogP) is 4.89. The summed E-state index contributed by atoms with van der Waals surface area (Å²) in [6, 6.07) is 12.0. The Kier molecular flexibility index (Phi) is 5.45. The van der Waals surface area contributed by atoms with E-state index >= 15 is 0 Å². The summed E-state index contributed by atoms with van der Waals surface area (Å²) in [6.45, 7) is 0. The zero-order chi connectivity index (χ0) is 22.3. The number of rotatable bonds is 5. The molecule has 3 aliphatic carbocycles. The van der Waals surface area contributed by atoms with E-state index in [0.717, 1.165) is 55.1 Å². The Balaban J connectivity index is 1.37. The monoisotopic (exact) mass is 500 g/mol. The van der Waals surface area contributed by atoms with Crippen molar-refractivity contribution in [2.45, 2.75) is 62.1 Å². The lowest BCUT2D eigenvalue weighted by Crippen LogP contribution is -2.60. The van der Waals surface area contributed by atoms with Gasteiger partial charge in [-0.25, -0.2) is 14.2 Å². The molecule has 0 spiro atoms. The van der Waals surface area contributed by atoms with E-state index in [-0.39, 0.29) is 17.4 Å². The SMILES string of the molecule is O=C(N[C@H](Cc1ccc(Br)c(F)c1)c1nc2ccccc2[nH]1)NC12CCC(O)(CC1)CC2. The number of carbonyl (C=O) groups excluding carboxylic acids is 1. The van der Waals surface area contributed by atoms with Crippen molar-refractivity contribution < 1.29 is 14.3 Å². The second-order valence-electron chi connectivity index (χ2n) is 9.25. The van der Waals surface area contributed by atoms with E-state index < -0.39 is 11.6 Å². The second-order valence-corrected chi connectivity index (χ2v) is 10.1. The Morgan fingerprint density at radius 2 is 1.88 bits per heavy atom. The van der Waals surface area contributed by atoms with Crippen LogP contribution in [0.1, 0.15) is 56.0 Å². The summed E-state index contributed by atoms with van der Waals surface area (Å²) in [5.41, 5.74) is 1.64. The molecule has 0 unspecified atom stereocenters. The zero-order valence-corrected chi connectivity index (χ0v) is 19.2. The van der Waals surface area contributed by atoms with Crippen LogP contribution in [0.2, 0.25) is 0 Å². The molecular weight excluding hydrogens is 475 g/mol. The molecule has 1 heterocycles. The molecule has 6 rings (SSSR count). The van der Waals surface area contributed by atoms with Gasteiger partial charge in [0, 0.05) is 12.0 Å². The molecule has 6 nitrogen and oxygen atoms in total. The summed E-state index contributed by atoms with van der Waals surface area (Å²) in [6.07, 6.45) is 4.90. The number of hydrogen-bond acceptors (Lipinski definition) is 3. The maximum atomic E-state index is 14.1. The number of aromatic amines is 1. The Hall–Kier alpha value is -2.45. The van der Waals surface area contributed by atoms with Crippen molar-refractivity contribution in [3.8, 4) is 0 Å². The van der Waals surface area contributed by atoms with Crippen molar-refractivity contribution in [1.29, 1.82) is 0 Å². The average molecular weight is 501 g/mol. The third kappa shape index (κ3) is 4.26. The number of aromatic nitrogens is 2. The number of H-pyrrole nitrogens is 1. The van der Waals surface area contributed by atoms with E-state index in [1.165, 1.54) is 6.07 Å². The van der Waals surface area contributed by atoms with E-state index in [9.17, 15) is 14.3 Å². The first-order valence-electron chi connectivity index (χ1n) is 11.0. The van der Waals surface area contributed by atoms with Crippen LogP contribution in [-0.2, 0) is 6.42 Å². The molecule has 0 aliphatic heterocycles. The number of benzene rings is 2. The molecule has 3 aliphatic rings. The molecule has 8 heteroatoms. The molecular formula is C24H26BrFN4O2. The van der Waals surface area contributed by atoms with Gasteiger partial charge in [-0.2, -0.15) is 0 Å². The number of fused-ring (bicyclic) bond motifs is 4. The summed E-state index contributed by atoms with van der Waals surface area (Å²) in [5, 5.41) is 16.7. The van der Waals surface area contributed by atoms with Crippen molar-refractivity contribution in [2.75, 3.05) is 0 Å². The molecule has 3 aromatic rings. The van der Waals surface area contributed by atoms with Gasteiger partial charge in [-0.1, -0.05) is 18.2 Å². The lowest BCUT2D eigenvalue weighted by atomic mass is 9.63. The van der Waals surface area contributed by atoms with Crippen molar-refractivity contribution in [3.63, 3.8) is 0 Å². The van der Waals surface area contributed by atoms with Gasteiger partial charge in [-0.3, -0.25) is 0 Å². The van der Waals surface area contributed by atoms with Crippen molar-refractivity contribution in [2.24, 2.45) is 0 Å². The Morgan fingerprint density at radius 1 is 1.16 bits per heavy atom. The standard InChI is InChI=1S/C24H26BrFN4O2/c25-16-6-5-15(13-17(16)26)14-20(21-27-18-3-1-2-4-19(18)28-21)29-22(31)30-23-7-10-24(32,11-8-23)12-9-23/h1-6,13,20,32H,7-12,14H2,(H,27,28)(H2,29,30,31)/t20-,23?,24?/m1/s1. The Labute approximate surface area is 194 Å². The number of urea groups is 1. The highest BCUT2D eigenvalue weighted by molar-refractivity contribution is 9.10. The highest BCUT2D eigenvalue weighted by Gasteiger charge is 2.48. The number of para-hydroxylation sites is 2. The van der Waals surface area contributed by atoms with Gasteiger partial charge in [0.1, 0.15) is 11.6 Å². The molecule has 2 bridgehead atoms. The number of imidazole rings is 1. The second kappa shape index (κ2) is 8.15. The topological polar surface area (TPSA) is 90.0 Å². The lowest BCUT2D eigenvalue weighted by molar-refractivity contribution is -0.0694. The Bertz CT molecular complexity index is 1110. The first kappa shape index (κ1) is 21.4. The van der Waals surface area contributed by atoms with E-state index in [2.05, 4.69) is 36.5 Å². The molecule has 32 heavy (non-hydrogen) atoms. The fourth-order valence-electron chi connectivity index (χ4n) is 5.04. The fraction of sp³-hybridized carbons (Fsp3) is 0.417. The van der Waals surface area contributed by atoms with Crippen LogP contribution < -0.4 is 10.6 Å². The van der Waals surface area contributed by atoms with Crippen LogP contribution in [0, 0.1) is 5.82 Å². The summed E-state index contributed by atoms with van der Waals surface area (Å²) in [4.78, 5) is 21.0. The van der Waals surface area contributed by atoms with Gasteiger partial charge in [0.05, 0.1) is 27.1 Å². The van der Waals surface area contributed by atoms with Gasteiger partial charge in [-0.05, 0) is 84.3 Å². The van der Waals surface area contributed by atoms with Crippen LogP contribution >= 0.6 is 15.9 Å². The minimum atomic E-state index is -0.553. The van der Waals surface area contributed by atoms with Crippen LogP contribution in [-0.4, -0.2) is 32.2 Å². The maximum absolute atomic E-state index is 14.1. The Morgan fingerprint density at radius 3 is 2.56 bits per heavy atom. The van der Waals surface area contributed by atoms with Crippen molar-refractivity contribution in [3.05, 3.63) is 64.1 Å². The first-order chi connectivity index (χ1) is 15.3. The van der Waals surface area contributed by atoms with E-state index in [4.69, 9.17) is 0 Å². The summed E-state index contributed by atoms with van der Waals surface area (Å²) < 4.78 is 14.5. The minimum Gasteiger partial charge on any atom is -0.390 e. The smallest absolute Gasteiger partial charge is 0.315 e. The number of aliphatic hydroxyl groups is 1. The molecule has 3 saturated carbocycles. The van der Waals surface area contributed by atoms with Gasteiger partial charge in [0.15, 0.2) is 0 Å².